The van der Waals surface area contributed by atoms with Gasteiger partial charge in [-0.15, -0.1) is 0 Å². The summed E-state index contributed by atoms with van der Waals surface area (Å²) in [5.41, 5.74) is 5.52. The third-order valence-corrected chi connectivity index (χ3v) is 4.09. The maximum atomic E-state index is 11.9. The number of hydrogen-bond donors (Lipinski definition) is 1. The average Bonchev–Trinajstić information content (AvgIpc) is 2.36. The van der Waals surface area contributed by atoms with E-state index in [1.807, 2.05) is 0 Å². The van der Waals surface area contributed by atoms with E-state index in [0.717, 1.165) is 18.8 Å². The SMILES string of the molecule is COC(=O)C(N)(CCC1CCCCC1)CC(C)C. The van der Waals surface area contributed by atoms with Crippen molar-refractivity contribution in [2.24, 2.45) is 17.6 Å². The first-order chi connectivity index (χ1) is 8.48. The van der Waals surface area contributed by atoms with Crippen LogP contribution in [0.2, 0.25) is 0 Å². The van der Waals surface area contributed by atoms with Crippen LogP contribution in [-0.2, 0) is 9.53 Å². The lowest BCUT2D eigenvalue weighted by molar-refractivity contribution is -0.148. The van der Waals surface area contributed by atoms with Crippen LogP contribution < -0.4 is 5.73 Å². The molecule has 0 amide bonds. The van der Waals surface area contributed by atoms with E-state index in [1.54, 1.807) is 0 Å². The molecule has 18 heavy (non-hydrogen) atoms. The summed E-state index contributed by atoms with van der Waals surface area (Å²) in [6.45, 7) is 4.20. The van der Waals surface area contributed by atoms with E-state index in [2.05, 4.69) is 13.8 Å². The molecule has 0 radical (unpaired) electrons. The highest BCUT2D eigenvalue weighted by Crippen LogP contribution is 2.31. The molecule has 0 aromatic carbocycles. The van der Waals surface area contributed by atoms with Crippen molar-refractivity contribution in [1.82, 2.24) is 0 Å². The van der Waals surface area contributed by atoms with Gasteiger partial charge in [0.15, 0.2) is 0 Å². The molecule has 0 aromatic heterocycles. The molecule has 1 fully saturated rings. The number of carbonyl (C=O) groups is 1. The predicted octanol–water partition coefficient (Wildman–Crippen LogP) is 3.26. The highest BCUT2D eigenvalue weighted by atomic mass is 16.5. The first kappa shape index (κ1) is 15.5. The Kier molecular flexibility index (Phi) is 6.13. The molecule has 3 heteroatoms. The Morgan fingerprint density at radius 3 is 2.44 bits per heavy atom. The molecule has 0 aromatic rings. The minimum absolute atomic E-state index is 0.244. The first-order valence-corrected chi connectivity index (χ1v) is 7.35. The Morgan fingerprint density at radius 1 is 1.33 bits per heavy atom. The monoisotopic (exact) mass is 255 g/mol. The van der Waals surface area contributed by atoms with Gasteiger partial charge in [0.25, 0.3) is 0 Å². The number of rotatable bonds is 6. The van der Waals surface area contributed by atoms with Gasteiger partial charge in [0, 0.05) is 0 Å². The van der Waals surface area contributed by atoms with Gasteiger partial charge in [-0.3, -0.25) is 4.79 Å². The fourth-order valence-corrected chi connectivity index (χ4v) is 3.16. The normalized spacial score (nSPS) is 20.7. The molecule has 106 valence electrons. The molecule has 1 saturated carbocycles. The van der Waals surface area contributed by atoms with Crippen molar-refractivity contribution in [1.29, 1.82) is 0 Å². The summed E-state index contributed by atoms with van der Waals surface area (Å²) in [5.74, 6) is 0.936. The second-order valence-electron chi connectivity index (χ2n) is 6.29. The first-order valence-electron chi connectivity index (χ1n) is 7.35. The minimum Gasteiger partial charge on any atom is -0.468 e. The summed E-state index contributed by atoms with van der Waals surface area (Å²) < 4.78 is 4.89. The van der Waals surface area contributed by atoms with Gasteiger partial charge in [0.1, 0.15) is 5.54 Å². The molecule has 0 heterocycles. The number of nitrogens with two attached hydrogens (primary N) is 1. The molecule has 1 aliphatic carbocycles. The van der Waals surface area contributed by atoms with Crippen molar-refractivity contribution in [3.05, 3.63) is 0 Å². The van der Waals surface area contributed by atoms with Gasteiger partial charge >= 0.3 is 5.97 Å². The van der Waals surface area contributed by atoms with E-state index in [4.69, 9.17) is 10.5 Å². The molecular weight excluding hydrogens is 226 g/mol. The van der Waals surface area contributed by atoms with Crippen molar-refractivity contribution < 1.29 is 9.53 Å². The topological polar surface area (TPSA) is 52.3 Å². The number of methoxy groups -OCH3 is 1. The molecule has 1 unspecified atom stereocenters. The molecule has 0 saturated heterocycles. The smallest absolute Gasteiger partial charge is 0.325 e. The van der Waals surface area contributed by atoms with Crippen LogP contribution >= 0.6 is 0 Å². The number of esters is 1. The summed E-state index contributed by atoms with van der Waals surface area (Å²) in [6.07, 6.45) is 9.20. The van der Waals surface area contributed by atoms with Crippen molar-refractivity contribution in [3.63, 3.8) is 0 Å². The second kappa shape index (κ2) is 7.13. The quantitative estimate of drug-likeness (QED) is 0.741. The van der Waals surface area contributed by atoms with Crippen LogP contribution in [-0.4, -0.2) is 18.6 Å². The maximum Gasteiger partial charge on any atom is 0.325 e. The molecule has 0 bridgehead atoms. The summed E-state index contributed by atoms with van der Waals surface area (Å²) in [5, 5.41) is 0. The van der Waals surface area contributed by atoms with E-state index >= 15 is 0 Å². The fraction of sp³-hybridized carbons (Fsp3) is 0.933. The van der Waals surface area contributed by atoms with Crippen LogP contribution in [0.15, 0.2) is 0 Å². The maximum absolute atomic E-state index is 11.9. The van der Waals surface area contributed by atoms with Gasteiger partial charge in [0.2, 0.25) is 0 Å². The highest BCUT2D eigenvalue weighted by Gasteiger charge is 2.36. The zero-order chi connectivity index (χ0) is 13.6. The Bertz CT molecular complexity index is 259. The molecule has 1 rings (SSSR count). The molecular formula is C15H29NO2. The van der Waals surface area contributed by atoms with Gasteiger partial charge in [-0.25, -0.2) is 0 Å². The van der Waals surface area contributed by atoms with Crippen molar-refractivity contribution in [2.75, 3.05) is 7.11 Å². The van der Waals surface area contributed by atoms with Gasteiger partial charge in [-0.05, 0) is 31.1 Å². The van der Waals surface area contributed by atoms with Crippen molar-refractivity contribution >= 4 is 5.97 Å². The molecule has 1 aliphatic rings. The van der Waals surface area contributed by atoms with Crippen LogP contribution in [0.1, 0.15) is 65.2 Å². The molecule has 1 atom stereocenters. The van der Waals surface area contributed by atoms with Crippen LogP contribution in [0.4, 0.5) is 0 Å². The molecule has 0 aliphatic heterocycles. The minimum atomic E-state index is -0.777. The lowest BCUT2D eigenvalue weighted by Crippen LogP contribution is -2.50. The van der Waals surface area contributed by atoms with E-state index in [-0.39, 0.29) is 5.97 Å². The van der Waals surface area contributed by atoms with Gasteiger partial charge in [-0.1, -0.05) is 46.0 Å². The Morgan fingerprint density at radius 2 is 1.94 bits per heavy atom. The zero-order valence-electron chi connectivity index (χ0n) is 12.2. The standard InChI is InChI=1S/C15H29NO2/c1-12(2)11-15(16,14(17)18-3)10-9-13-7-5-4-6-8-13/h12-13H,4-11,16H2,1-3H3. The zero-order valence-corrected chi connectivity index (χ0v) is 12.2. The lowest BCUT2D eigenvalue weighted by atomic mass is 9.79. The number of ether oxygens (including phenoxy) is 1. The van der Waals surface area contributed by atoms with Gasteiger partial charge < -0.3 is 10.5 Å². The van der Waals surface area contributed by atoms with Gasteiger partial charge in [-0.2, -0.15) is 0 Å². The predicted molar refractivity (Wildman–Crippen MR) is 74.2 cm³/mol. The Hall–Kier alpha value is -0.570. The van der Waals surface area contributed by atoms with Crippen molar-refractivity contribution in [3.8, 4) is 0 Å². The summed E-state index contributed by atoms with van der Waals surface area (Å²) in [4.78, 5) is 11.9. The fourth-order valence-electron chi connectivity index (χ4n) is 3.16. The second-order valence-corrected chi connectivity index (χ2v) is 6.29. The Balaban J connectivity index is 2.52. The molecule has 0 spiro atoms. The van der Waals surface area contributed by atoms with Gasteiger partial charge in [0.05, 0.1) is 7.11 Å². The summed E-state index contributed by atoms with van der Waals surface area (Å²) in [6, 6.07) is 0. The van der Waals surface area contributed by atoms with Crippen LogP contribution in [0.5, 0.6) is 0 Å². The summed E-state index contributed by atoms with van der Waals surface area (Å²) >= 11 is 0. The average molecular weight is 255 g/mol. The molecule has 3 nitrogen and oxygen atoms in total. The summed E-state index contributed by atoms with van der Waals surface area (Å²) in [7, 11) is 1.44. The lowest BCUT2D eigenvalue weighted by Gasteiger charge is -2.31. The van der Waals surface area contributed by atoms with Crippen LogP contribution in [0, 0.1) is 11.8 Å². The number of hydrogen-bond acceptors (Lipinski definition) is 3. The molecule has 2 N–H and O–H groups in total. The number of carbonyl (C=O) groups excluding carboxylic acids is 1. The largest absolute Gasteiger partial charge is 0.468 e. The highest BCUT2D eigenvalue weighted by molar-refractivity contribution is 5.80. The third-order valence-electron chi connectivity index (χ3n) is 4.09. The van der Waals surface area contributed by atoms with Crippen molar-refractivity contribution in [2.45, 2.75) is 70.8 Å². The van der Waals surface area contributed by atoms with E-state index < -0.39 is 5.54 Å². The Labute approximate surface area is 111 Å². The van der Waals surface area contributed by atoms with E-state index in [0.29, 0.717) is 12.3 Å². The van der Waals surface area contributed by atoms with E-state index in [9.17, 15) is 4.79 Å². The van der Waals surface area contributed by atoms with E-state index in [1.165, 1.54) is 39.2 Å². The van der Waals surface area contributed by atoms with Crippen LogP contribution in [0.25, 0.3) is 0 Å². The third kappa shape index (κ3) is 4.60. The van der Waals surface area contributed by atoms with Crippen LogP contribution in [0.3, 0.4) is 0 Å².